The quantitative estimate of drug-likeness (QED) is 0.799. The van der Waals surface area contributed by atoms with Gasteiger partial charge in [-0.1, -0.05) is 12.1 Å². The average molecular weight is 306 g/mol. The molecule has 0 aliphatic carbocycles. The third-order valence-electron chi connectivity index (χ3n) is 4.32. The summed E-state index contributed by atoms with van der Waals surface area (Å²) in [5, 5.41) is 6.38. The predicted molar refractivity (Wildman–Crippen MR) is 86.1 cm³/mol. The molecule has 1 aliphatic heterocycles. The summed E-state index contributed by atoms with van der Waals surface area (Å²) in [6, 6.07) is 7.94. The van der Waals surface area contributed by atoms with Gasteiger partial charge in [-0.05, 0) is 50.0 Å². The van der Waals surface area contributed by atoms with Crippen molar-refractivity contribution in [2.75, 3.05) is 40.5 Å². The van der Waals surface area contributed by atoms with Crippen LogP contribution in [0.25, 0.3) is 0 Å². The fourth-order valence-electron chi connectivity index (χ4n) is 2.92. The highest BCUT2D eigenvalue weighted by Gasteiger charge is 2.39. The average Bonchev–Trinajstić information content (AvgIpc) is 2.56. The van der Waals surface area contributed by atoms with Gasteiger partial charge in [-0.15, -0.1) is 0 Å². The highest BCUT2D eigenvalue weighted by Crippen LogP contribution is 2.29. The number of carbonyl (C=O) groups is 1. The number of hydrogen-bond donors (Lipinski definition) is 2. The summed E-state index contributed by atoms with van der Waals surface area (Å²) >= 11 is 0. The smallest absolute Gasteiger partial charge is 0.228 e. The highest BCUT2D eigenvalue weighted by atomic mass is 16.5. The summed E-state index contributed by atoms with van der Waals surface area (Å²) < 4.78 is 10.4. The number of methoxy groups -OCH3 is 2. The number of piperidine rings is 1. The Kier molecular flexibility index (Phi) is 6.21. The minimum Gasteiger partial charge on any atom is -0.497 e. The van der Waals surface area contributed by atoms with Crippen molar-refractivity contribution in [1.29, 1.82) is 0 Å². The van der Waals surface area contributed by atoms with Crippen LogP contribution in [-0.2, 0) is 16.0 Å². The van der Waals surface area contributed by atoms with E-state index in [1.807, 2.05) is 24.3 Å². The lowest BCUT2D eigenvalue weighted by molar-refractivity contribution is -0.136. The first kappa shape index (κ1) is 16.8. The molecular weight excluding hydrogens is 280 g/mol. The van der Waals surface area contributed by atoms with Gasteiger partial charge in [-0.2, -0.15) is 0 Å². The third kappa shape index (κ3) is 4.21. The molecular formula is C17H26N2O3. The van der Waals surface area contributed by atoms with E-state index < -0.39 is 0 Å². The Hall–Kier alpha value is -1.59. The minimum atomic E-state index is -0.375. The van der Waals surface area contributed by atoms with Gasteiger partial charge < -0.3 is 20.1 Å². The summed E-state index contributed by atoms with van der Waals surface area (Å²) in [5.41, 5.74) is 0.812. The third-order valence-corrected chi connectivity index (χ3v) is 4.32. The topological polar surface area (TPSA) is 59.6 Å². The zero-order chi connectivity index (χ0) is 15.8. The molecule has 0 bridgehead atoms. The second kappa shape index (κ2) is 8.15. The van der Waals surface area contributed by atoms with Gasteiger partial charge in [0.25, 0.3) is 0 Å². The maximum Gasteiger partial charge on any atom is 0.228 e. The molecule has 1 aromatic carbocycles. The highest BCUT2D eigenvalue weighted by molar-refractivity contribution is 5.83. The van der Waals surface area contributed by atoms with Crippen molar-refractivity contribution in [3.8, 4) is 5.75 Å². The van der Waals surface area contributed by atoms with Crippen LogP contribution in [0.5, 0.6) is 5.75 Å². The Morgan fingerprint density at radius 1 is 1.23 bits per heavy atom. The zero-order valence-electron chi connectivity index (χ0n) is 13.5. The molecule has 1 saturated heterocycles. The normalized spacial score (nSPS) is 17.0. The van der Waals surface area contributed by atoms with E-state index in [1.165, 1.54) is 5.56 Å². The molecule has 1 aliphatic rings. The van der Waals surface area contributed by atoms with Gasteiger partial charge in [-0.25, -0.2) is 0 Å². The second-order valence-corrected chi connectivity index (χ2v) is 5.82. The molecule has 0 atom stereocenters. The van der Waals surface area contributed by atoms with Gasteiger partial charge in [0.2, 0.25) is 5.91 Å². The summed E-state index contributed by atoms with van der Waals surface area (Å²) in [6.07, 6.45) is 2.47. The zero-order valence-corrected chi connectivity index (χ0v) is 13.5. The van der Waals surface area contributed by atoms with E-state index in [1.54, 1.807) is 14.2 Å². The SMILES string of the molecule is COCC1(C(=O)NCCc2ccc(OC)cc2)CCNCC1. The molecule has 1 amide bonds. The van der Waals surface area contributed by atoms with Crippen molar-refractivity contribution in [1.82, 2.24) is 10.6 Å². The molecule has 5 nitrogen and oxygen atoms in total. The first-order valence-corrected chi connectivity index (χ1v) is 7.81. The molecule has 0 saturated carbocycles. The van der Waals surface area contributed by atoms with Crippen molar-refractivity contribution < 1.29 is 14.3 Å². The summed E-state index contributed by atoms with van der Waals surface area (Å²) in [6.45, 7) is 2.87. The van der Waals surface area contributed by atoms with E-state index in [4.69, 9.17) is 9.47 Å². The van der Waals surface area contributed by atoms with Gasteiger partial charge in [0, 0.05) is 13.7 Å². The van der Waals surface area contributed by atoms with Gasteiger partial charge in [-0.3, -0.25) is 4.79 Å². The lowest BCUT2D eigenvalue weighted by Gasteiger charge is -2.35. The van der Waals surface area contributed by atoms with Crippen LogP contribution in [0.2, 0.25) is 0 Å². The number of benzene rings is 1. The first-order chi connectivity index (χ1) is 10.7. The van der Waals surface area contributed by atoms with Crippen LogP contribution in [0, 0.1) is 5.41 Å². The van der Waals surface area contributed by atoms with E-state index in [0.717, 1.165) is 38.1 Å². The summed E-state index contributed by atoms with van der Waals surface area (Å²) in [5.74, 6) is 0.964. The van der Waals surface area contributed by atoms with Gasteiger partial charge in [0.15, 0.2) is 0 Å². The van der Waals surface area contributed by atoms with Crippen molar-refractivity contribution >= 4 is 5.91 Å². The van der Waals surface area contributed by atoms with Crippen molar-refractivity contribution in [2.24, 2.45) is 5.41 Å². The molecule has 0 unspecified atom stereocenters. The molecule has 1 aromatic rings. The Morgan fingerprint density at radius 2 is 1.91 bits per heavy atom. The largest absolute Gasteiger partial charge is 0.497 e. The Morgan fingerprint density at radius 3 is 2.50 bits per heavy atom. The number of carbonyl (C=O) groups excluding carboxylic acids is 1. The number of amides is 1. The van der Waals surface area contributed by atoms with E-state index in [2.05, 4.69) is 10.6 Å². The first-order valence-electron chi connectivity index (χ1n) is 7.81. The maximum atomic E-state index is 12.6. The summed E-state index contributed by atoms with van der Waals surface area (Å²) in [7, 11) is 3.32. The van der Waals surface area contributed by atoms with Gasteiger partial charge >= 0.3 is 0 Å². The number of hydrogen-bond acceptors (Lipinski definition) is 4. The van der Waals surface area contributed by atoms with Crippen LogP contribution >= 0.6 is 0 Å². The summed E-state index contributed by atoms with van der Waals surface area (Å²) in [4.78, 5) is 12.6. The molecule has 0 radical (unpaired) electrons. The van der Waals surface area contributed by atoms with Crippen LogP contribution in [-0.4, -0.2) is 46.4 Å². The van der Waals surface area contributed by atoms with Crippen molar-refractivity contribution in [3.63, 3.8) is 0 Å². The van der Waals surface area contributed by atoms with E-state index >= 15 is 0 Å². The van der Waals surface area contributed by atoms with Crippen LogP contribution < -0.4 is 15.4 Å². The molecule has 2 rings (SSSR count). The molecule has 1 fully saturated rings. The van der Waals surface area contributed by atoms with Gasteiger partial charge in [0.1, 0.15) is 5.75 Å². The molecule has 0 spiro atoms. The molecule has 122 valence electrons. The number of ether oxygens (including phenoxy) is 2. The predicted octanol–water partition coefficient (Wildman–Crippen LogP) is 1.37. The molecule has 5 heteroatoms. The molecule has 0 aromatic heterocycles. The fraction of sp³-hybridized carbons (Fsp3) is 0.588. The van der Waals surface area contributed by atoms with Crippen molar-refractivity contribution in [2.45, 2.75) is 19.3 Å². The lowest BCUT2D eigenvalue weighted by Crippen LogP contribution is -2.50. The standard InChI is InChI=1S/C17H26N2O3/c1-21-13-17(8-11-18-12-9-17)16(20)19-10-7-14-3-5-15(22-2)6-4-14/h3-6,18H,7-13H2,1-2H3,(H,19,20). The van der Waals surface area contributed by atoms with E-state index in [9.17, 15) is 4.79 Å². The molecule has 22 heavy (non-hydrogen) atoms. The minimum absolute atomic E-state index is 0.115. The lowest BCUT2D eigenvalue weighted by atomic mass is 9.78. The van der Waals surface area contributed by atoms with Crippen molar-refractivity contribution in [3.05, 3.63) is 29.8 Å². The molecule has 2 N–H and O–H groups in total. The number of nitrogens with one attached hydrogen (secondary N) is 2. The van der Waals surface area contributed by atoms with E-state index in [-0.39, 0.29) is 11.3 Å². The van der Waals surface area contributed by atoms with Gasteiger partial charge in [0.05, 0.1) is 19.1 Å². The Balaban J connectivity index is 1.84. The molecule has 1 heterocycles. The second-order valence-electron chi connectivity index (χ2n) is 5.82. The van der Waals surface area contributed by atoms with Crippen LogP contribution in [0.3, 0.4) is 0 Å². The van der Waals surface area contributed by atoms with E-state index in [0.29, 0.717) is 13.2 Å². The Labute approximate surface area is 132 Å². The fourth-order valence-corrected chi connectivity index (χ4v) is 2.92. The number of rotatable bonds is 7. The van der Waals surface area contributed by atoms with Crippen LogP contribution in [0.4, 0.5) is 0 Å². The van der Waals surface area contributed by atoms with Crippen LogP contribution in [0.1, 0.15) is 18.4 Å². The van der Waals surface area contributed by atoms with Crippen LogP contribution in [0.15, 0.2) is 24.3 Å². The monoisotopic (exact) mass is 306 g/mol. The maximum absolute atomic E-state index is 12.6. The Bertz CT molecular complexity index is 462.